The molecule has 3 N–H and O–H groups in total. The average molecular weight is 342 g/mol. The van der Waals surface area contributed by atoms with Crippen molar-refractivity contribution in [3.05, 3.63) is 22.4 Å². The number of carbonyl (C=O) groups excluding carboxylic acids is 1. The van der Waals surface area contributed by atoms with Crippen molar-refractivity contribution in [2.75, 3.05) is 6.54 Å². The topological polar surface area (TPSA) is 60.0 Å². The molecule has 1 aromatic heterocycles. The zero-order valence-corrected chi connectivity index (χ0v) is 13.7. The molecule has 1 fully saturated rings. The molecule has 1 saturated carbocycles. The fourth-order valence-corrected chi connectivity index (χ4v) is 3.54. The maximum Gasteiger partial charge on any atom is 0.268 e. The Morgan fingerprint density at radius 2 is 2.20 bits per heavy atom. The molecule has 0 bridgehead atoms. The number of halogens is 1. The van der Waals surface area contributed by atoms with Gasteiger partial charge in [0.05, 0.1) is 0 Å². The molecule has 0 spiro atoms. The molecule has 1 heterocycles. The summed E-state index contributed by atoms with van der Waals surface area (Å²) < 4.78 is 2.89. The Hall–Kier alpha value is -0.810. The van der Waals surface area contributed by atoms with Gasteiger partial charge in [0.25, 0.3) is 5.91 Å². The van der Waals surface area contributed by atoms with Gasteiger partial charge in [-0.2, -0.15) is 0 Å². The molecule has 1 aliphatic rings. The van der Waals surface area contributed by atoms with Gasteiger partial charge in [0.2, 0.25) is 0 Å². The number of carbonyl (C=O) groups is 1. The molecule has 20 heavy (non-hydrogen) atoms. The molecule has 0 aliphatic heterocycles. The summed E-state index contributed by atoms with van der Waals surface area (Å²) in [5, 5.41) is 3.14. The smallest absolute Gasteiger partial charge is 0.268 e. The van der Waals surface area contributed by atoms with Gasteiger partial charge in [-0.3, -0.25) is 4.79 Å². The van der Waals surface area contributed by atoms with Crippen LogP contribution in [-0.2, 0) is 6.54 Å². The van der Waals surface area contributed by atoms with E-state index in [1.165, 1.54) is 32.1 Å². The highest BCUT2D eigenvalue weighted by molar-refractivity contribution is 9.10. The molecule has 0 saturated heterocycles. The van der Waals surface area contributed by atoms with E-state index in [1.54, 1.807) is 0 Å². The Labute approximate surface area is 129 Å². The summed E-state index contributed by atoms with van der Waals surface area (Å²) in [7, 11) is 0. The first kappa shape index (κ1) is 15.6. The predicted molar refractivity (Wildman–Crippen MR) is 84.7 cm³/mol. The summed E-state index contributed by atoms with van der Waals surface area (Å²) in [5.74, 6) is 0.518. The summed E-state index contributed by atoms with van der Waals surface area (Å²) in [6.45, 7) is 3.33. The van der Waals surface area contributed by atoms with Crippen molar-refractivity contribution in [3.8, 4) is 0 Å². The van der Waals surface area contributed by atoms with Crippen LogP contribution in [0.3, 0.4) is 0 Å². The first-order valence-corrected chi connectivity index (χ1v) is 8.31. The van der Waals surface area contributed by atoms with Crippen molar-refractivity contribution in [2.45, 2.75) is 51.6 Å². The maximum atomic E-state index is 12.4. The van der Waals surface area contributed by atoms with Crippen LogP contribution in [-0.4, -0.2) is 23.1 Å². The number of aryl methyl sites for hydroxylation is 1. The molecule has 1 unspecified atom stereocenters. The number of amides is 1. The monoisotopic (exact) mass is 341 g/mol. The van der Waals surface area contributed by atoms with Crippen LogP contribution in [0.5, 0.6) is 0 Å². The molecule has 1 aromatic rings. The number of aromatic nitrogens is 1. The number of rotatable bonds is 5. The first-order valence-electron chi connectivity index (χ1n) is 7.52. The minimum absolute atomic E-state index is 0.0152. The Morgan fingerprint density at radius 3 is 2.80 bits per heavy atom. The van der Waals surface area contributed by atoms with Crippen LogP contribution in [0.25, 0.3) is 0 Å². The molecule has 5 heteroatoms. The minimum Gasteiger partial charge on any atom is -0.346 e. The predicted octanol–water partition coefficient (Wildman–Crippen LogP) is 2.91. The van der Waals surface area contributed by atoms with E-state index >= 15 is 0 Å². The van der Waals surface area contributed by atoms with Crippen LogP contribution < -0.4 is 11.1 Å². The second kappa shape index (κ2) is 7.27. The lowest BCUT2D eigenvalue weighted by molar-refractivity contribution is 0.0906. The van der Waals surface area contributed by atoms with Gasteiger partial charge >= 0.3 is 0 Å². The van der Waals surface area contributed by atoms with Gasteiger partial charge in [0.15, 0.2) is 0 Å². The summed E-state index contributed by atoms with van der Waals surface area (Å²) in [6, 6.07) is 1.97. The highest BCUT2D eigenvalue weighted by Gasteiger charge is 2.25. The number of nitrogens with one attached hydrogen (secondary N) is 1. The van der Waals surface area contributed by atoms with Crippen LogP contribution in [0, 0.1) is 5.92 Å². The molecule has 0 radical (unpaired) electrons. The Balaban J connectivity index is 2.04. The van der Waals surface area contributed by atoms with E-state index in [0.29, 0.717) is 18.2 Å². The van der Waals surface area contributed by atoms with Gasteiger partial charge in [-0.05, 0) is 47.7 Å². The third-order valence-electron chi connectivity index (χ3n) is 4.23. The van der Waals surface area contributed by atoms with Gasteiger partial charge in [-0.1, -0.05) is 19.3 Å². The van der Waals surface area contributed by atoms with Crippen molar-refractivity contribution in [1.29, 1.82) is 0 Å². The number of nitrogens with two attached hydrogens (primary N) is 1. The summed E-state index contributed by atoms with van der Waals surface area (Å²) >= 11 is 3.43. The maximum absolute atomic E-state index is 12.4. The second-order valence-corrected chi connectivity index (χ2v) is 6.46. The zero-order chi connectivity index (χ0) is 14.5. The lowest BCUT2D eigenvalue weighted by Crippen LogP contribution is -2.46. The normalized spacial score (nSPS) is 17.9. The quantitative estimate of drug-likeness (QED) is 0.864. The van der Waals surface area contributed by atoms with Gasteiger partial charge in [0.1, 0.15) is 5.69 Å². The lowest BCUT2D eigenvalue weighted by Gasteiger charge is -2.30. The van der Waals surface area contributed by atoms with Gasteiger partial charge in [0, 0.05) is 29.8 Å². The van der Waals surface area contributed by atoms with Crippen LogP contribution in [0.1, 0.15) is 49.5 Å². The van der Waals surface area contributed by atoms with Crippen LogP contribution in [0.4, 0.5) is 0 Å². The largest absolute Gasteiger partial charge is 0.346 e. The average Bonchev–Trinajstić information content (AvgIpc) is 2.86. The third-order valence-corrected chi connectivity index (χ3v) is 4.66. The van der Waals surface area contributed by atoms with Crippen LogP contribution >= 0.6 is 15.9 Å². The van der Waals surface area contributed by atoms with Crippen molar-refractivity contribution < 1.29 is 4.79 Å². The number of hydrogen-bond acceptors (Lipinski definition) is 2. The van der Waals surface area contributed by atoms with E-state index in [4.69, 9.17) is 5.73 Å². The fourth-order valence-electron chi connectivity index (χ4n) is 3.07. The van der Waals surface area contributed by atoms with Crippen molar-refractivity contribution in [3.63, 3.8) is 0 Å². The van der Waals surface area contributed by atoms with Crippen LogP contribution in [0.15, 0.2) is 16.7 Å². The van der Waals surface area contributed by atoms with Crippen LogP contribution in [0.2, 0.25) is 0 Å². The zero-order valence-electron chi connectivity index (χ0n) is 12.1. The Kier molecular flexibility index (Phi) is 5.66. The Bertz CT molecular complexity index is 452. The van der Waals surface area contributed by atoms with Crippen molar-refractivity contribution >= 4 is 21.8 Å². The molecular weight excluding hydrogens is 318 g/mol. The van der Waals surface area contributed by atoms with E-state index < -0.39 is 0 Å². The van der Waals surface area contributed by atoms with E-state index in [2.05, 4.69) is 21.2 Å². The molecule has 0 aromatic carbocycles. The first-order chi connectivity index (χ1) is 9.65. The van der Waals surface area contributed by atoms with E-state index in [-0.39, 0.29) is 11.9 Å². The number of nitrogens with zero attached hydrogens (tertiary/aromatic N) is 1. The Morgan fingerprint density at radius 1 is 1.50 bits per heavy atom. The van der Waals surface area contributed by atoms with E-state index in [0.717, 1.165) is 11.0 Å². The van der Waals surface area contributed by atoms with Gasteiger partial charge in [-0.15, -0.1) is 0 Å². The fraction of sp³-hybridized carbons (Fsp3) is 0.667. The SMILES string of the molecule is CCn1cc(Br)cc1C(=O)NC(CN)C1CCCCC1. The molecule has 2 rings (SSSR count). The molecule has 1 aliphatic carbocycles. The highest BCUT2D eigenvalue weighted by Crippen LogP contribution is 2.26. The molecule has 4 nitrogen and oxygen atoms in total. The van der Waals surface area contributed by atoms with E-state index in [1.807, 2.05) is 23.8 Å². The standard InChI is InChI=1S/C15H24BrN3O/c1-2-19-10-12(16)8-14(19)15(20)18-13(9-17)11-6-4-3-5-7-11/h8,10-11,13H,2-7,9,17H2,1H3,(H,18,20). The summed E-state index contributed by atoms with van der Waals surface area (Å²) in [4.78, 5) is 12.4. The van der Waals surface area contributed by atoms with E-state index in [9.17, 15) is 4.79 Å². The lowest BCUT2D eigenvalue weighted by atomic mass is 9.84. The third kappa shape index (κ3) is 3.64. The van der Waals surface area contributed by atoms with Crippen molar-refractivity contribution in [1.82, 2.24) is 9.88 Å². The molecular formula is C15H24BrN3O. The molecule has 1 atom stereocenters. The highest BCUT2D eigenvalue weighted by atomic mass is 79.9. The number of hydrogen-bond donors (Lipinski definition) is 2. The summed E-state index contributed by atoms with van der Waals surface area (Å²) in [6.07, 6.45) is 8.13. The van der Waals surface area contributed by atoms with Crippen molar-refractivity contribution in [2.24, 2.45) is 11.7 Å². The minimum atomic E-state index is -0.0152. The van der Waals surface area contributed by atoms with Gasteiger partial charge < -0.3 is 15.6 Å². The van der Waals surface area contributed by atoms with Gasteiger partial charge in [-0.25, -0.2) is 0 Å². The second-order valence-electron chi connectivity index (χ2n) is 5.54. The molecule has 112 valence electrons. The molecule has 1 amide bonds. The summed E-state index contributed by atoms with van der Waals surface area (Å²) in [5.41, 5.74) is 6.58.